The molecule has 1 saturated carbocycles. The molecule has 9 heteroatoms. The molecule has 2 aromatic carbocycles. The average Bonchev–Trinajstić information content (AvgIpc) is 2.88. The Balaban J connectivity index is 1.66. The molecule has 0 saturated heterocycles. The molecule has 0 radical (unpaired) electrons. The molecule has 7 nitrogen and oxygen atoms in total. The van der Waals surface area contributed by atoms with E-state index in [1.54, 1.807) is 48.2 Å². The van der Waals surface area contributed by atoms with E-state index in [1.807, 2.05) is 18.2 Å². The first-order chi connectivity index (χ1) is 17.2. The van der Waals surface area contributed by atoms with Crippen LogP contribution in [0.25, 0.3) is 0 Å². The zero-order valence-corrected chi connectivity index (χ0v) is 22.6. The molecule has 0 unspecified atom stereocenters. The smallest absolute Gasteiger partial charge is 0.242 e. The van der Waals surface area contributed by atoms with Crippen molar-refractivity contribution in [3.8, 4) is 0 Å². The maximum absolute atomic E-state index is 13.3. The lowest BCUT2D eigenvalue weighted by Gasteiger charge is -2.31. The van der Waals surface area contributed by atoms with Gasteiger partial charge in [0.05, 0.1) is 4.90 Å². The van der Waals surface area contributed by atoms with E-state index in [0.717, 1.165) is 31.2 Å². The van der Waals surface area contributed by atoms with E-state index in [1.165, 1.54) is 17.8 Å². The van der Waals surface area contributed by atoms with E-state index >= 15 is 0 Å². The van der Waals surface area contributed by atoms with Crippen molar-refractivity contribution in [3.63, 3.8) is 0 Å². The molecular weight excluding hydrogens is 498 g/mol. The molecule has 0 aromatic heterocycles. The molecule has 1 N–H and O–H groups in total. The van der Waals surface area contributed by atoms with E-state index < -0.39 is 16.1 Å². The highest BCUT2D eigenvalue weighted by Gasteiger charge is 2.29. The summed E-state index contributed by atoms with van der Waals surface area (Å²) in [4.78, 5) is 28.2. The summed E-state index contributed by atoms with van der Waals surface area (Å²) in [7, 11) is -2.12. The number of halogens is 1. The van der Waals surface area contributed by atoms with Gasteiger partial charge in [-0.1, -0.05) is 67.3 Å². The number of hydrogen-bond acceptors (Lipinski definition) is 4. The molecule has 196 valence electrons. The third-order valence-corrected chi connectivity index (χ3v) is 8.97. The highest BCUT2D eigenvalue weighted by Crippen LogP contribution is 2.21. The fourth-order valence-corrected chi connectivity index (χ4v) is 5.88. The molecule has 0 spiro atoms. The Morgan fingerprint density at radius 2 is 1.67 bits per heavy atom. The second kappa shape index (κ2) is 13.2. The summed E-state index contributed by atoms with van der Waals surface area (Å²) in [6, 6.07) is 14.9. The van der Waals surface area contributed by atoms with Crippen molar-refractivity contribution in [1.82, 2.24) is 14.5 Å². The predicted octanol–water partition coefficient (Wildman–Crippen LogP) is 4.61. The van der Waals surface area contributed by atoms with Crippen LogP contribution < -0.4 is 5.32 Å². The van der Waals surface area contributed by atoms with Crippen LogP contribution in [0.1, 0.15) is 57.4 Å². The largest absolute Gasteiger partial charge is 0.352 e. The van der Waals surface area contributed by atoms with Crippen molar-refractivity contribution >= 4 is 33.4 Å². The Hall–Kier alpha value is -2.42. The fraction of sp³-hybridized carbons (Fsp3) is 0.481. The summed E-state index contributed by atoms with van der Waals surface area (Å²) in [5.74, 6) is -0.391. The number of carbonyl (C=O) groups excluding carboxylic acids is 2. The monoisotopic (exact) mass is 533 g/mol. The van der Waals surface area contributed by atoms with Crippen LogP contribution in [0.4, 0.5) is 0 Å². The number of benzene rings is 2. The van der Waals surface area contributed by atoms with Crippen LogP contribution in [0, 0.1) is 0 Å². The van der Waals surface area contributed by atoms with Crippen LogP contribution in [-0.4, -0.2) is 55.1 Å². The maximum Gasteiger partial charge on any atom is 0.242 e. The highest BCUT2D eigenvalue weighted by molar-refractivity contribution is 7.89. The normalized spacial score (nSPS) is 15.4. The fourth-order valence-electron chi connectivity index (χ4n) is 4.45. The Kier molecular flexibility index (Phi) is 10.3. The first kappa shape index (κ1) is 28.2. The van der Waals surface area contributed by atoms with Crippen LogP contribution in [0.15, 0.2) is 59.5 Å². The van der Waals surface area contributed by atoms with Crippen molar-refractivity contribution in [1.29, 1.82) is 0 Å². The summed E-state index contributed by atoms with van der Waals surface area (Å²) in [6.07, 6.45) is 5.74. The van der Waals surface area contributed by atoms with Crippen molar-refractivity contribution in [2.75, 3.05) is 13.6 Å². The van der Waals surface area contributed by atoms with E-state index in [-0.39, 0.29) is 42.3 Å². The number of rotatable bonds is 11. The molecule has 36 heavy (non-hydrogen) atoms. The topological polar surface area (TPSA) is 86.8 Å². The third kappa shape index (κ3) is 7.54. The second-order valence-electron chi connectivity index (χ2n) is 9.38. The Labute approximate surface area is 219 Å². The maximum atomic E-state index is 13.3. The van der Waals surface area contributed by atoms with Crippen LogP contribution in [0.3, 0.4) is 0 Å². The first-order valence-corrected chi connectivity index (χ1v) is 14.4. The van der Waals surface area contributed by atoms with E-state index in [9.17, 15) is 18.0 Å². The number of nitrogens with one attached hydrogen (secondary N) is 1. The minimum atomic E-state index is -3.63. The zero-order chi connectivity index (χ0) is 26.1. The number of sulfonamides is 1. The highest BCUT2D eigenvalue weighted by atomic mass is 35.5. The molecule has 1 atom stereocenters. The summed E-state index contributed by atoms with van der Waals surface area (Å²) < 4.78 is 26.8. The van der Waals surface area contributed by atoms with Gasteiger partial charge in [0.2, 0.25) is 21.8 Å². The van der Waals surface area contributed by atoms with Crippen LogP contribution in [-0.2, 0) is 26.2 Å². The van der Waals surface area contributed by atoms with Gasteiger partial charge in [-0.3, -0.25) is 9.59 Å². The van der Waals surface area contributed by atoms with Gasteiger partial charge in [0.1, 0.15) is 6.04 Å². The lowest BCUT2D eigenvalue weighted by atomic mass is 9.95. The second-order valence-corrected chi connectivity index (χ2v) is 11.8. The van der Waals surface area contributed by atoms with E-state index in [4.69, 9.17) is 11.6 Å². The lowest BCUT2D eigenvalue weighted by Crippen LogP contribution is -2.50. The standard InChI is InChI=1S/C27H36ClN3O4S/c1-21(27(33)29-23-13-5-3-6-14-23)31(20-22-12-9-10-17-25(22)28)26(32)18-11-19-30(2)36(34,35)24-15-7-4-8-16-24/h4,7-10,12,15-17,21,23H,3,5-6,11,13-14,18-20H2,1-2H3,(H,29,33)/t21-/m0/s1. The minimum Gasteiger partial charge on any atom is -0.352 e. The number of hydrogen-bond donors (Lipinski definition) is 1. The zero-order valence-electron chi connectivity index (χ0n) is 21.0. The third-order valence-electron chi connectivity index (χ3n) is 6.73. The molecule has 3 rings (SSSR count). The van der Waals surface area contributed by atoms with Crippen molar-refractivity contribution in [2.24, 2.45) is 0 Å². The number of carbonyl (C=O) groups is 2. The van der Waals surface area contributed by atoms with Crippen molar-refractivity contribution in [2.45, 2.75) is 75.4 Å². The Bertz CT molecular complexity index is 1120. The van der Waals surface area contributed by atoms with Crippen LogP contribution in [0.2, 0.25) is 5.02 Å². The summed E-state index contributed by atoms with van der Waals surface area (Å²) >= 11 is 6.36. The van der Waals surface area contributed by atoms with Gasteiger partial charge in [0.15, 0.2) is 0 Å². The SMILES string of the molecule is C[C@@H](C(=O)NC1CCCCC1)N(Cc1ccccc1Cl)C(=O)CCCN(C)S(=O)(=O)c1ccccc1. The number of nitrogens with zero attached hydrogens (tertiary/aromatic N) is 2. The summed E-state index contributed by atoms with van der Waals surface area (Å²) in [6.45, 7) is 2.13. The average molecular weight is 534 g/mol. The minimum absolute atomic E-state index is 0.111. The molecule has 1 aliphatic carbocycles. The summed E-state index contributed by atoms with van der Waals surface area (Å²) in [5.41, 5.74) is 0.758. The summed E-state index contributed by atoms with van der Waals surface area (Å²) in [5, 5.41) is 3.64. The molecule has 0 bridgehead atoms. The van der Waals surface area contributed by atoms with Gasteiger partial charge in [0.25, 0.3) is 0 Å². The Morgan fingerprint density at radius 1 is 1.03 bits per heavy atom. The molecule has 2 aromatic rings. The van der Waals surface area contributed by atoms with Gasteiger partial charge in [-0.05, 0) is 49.9 Å². The molecule has 2 amide bonds. The molecule has 1 aliphatic rings. The predicted molar refractivity (Wildman–Crippen MR) is 142 cm³/mol. The van der Waals surface area contributed by atoms with Gasteiger partial charge in [-0.2, -0.15) is 0 Å². The first-order valence-electron chi connectivity index (χ1n) is 12.5. The van der Waals surface area contributed by atoms with Gasteiger partial charge in [-0.15, -0.1) is 0 Å². The number of amides is 2. The van der Waals surface area contributed by atoms with Gasteiger partial charge in [0, 0.05) is 37.6 Å². The van der Waals surface area contributed by atoms with Crippen molar-refractivity contribution < 1.29 is 18.0 Å². The molecule has 1 fully saturated rings. The molecule has 0 aliphatic heterocycles. The Morgan fingerprint density at radius 3 is 2.33 bits per heavy atom. The van der Waals surface area contributed by atoms with Crippen LogP contribution >= 0.6 is 11.6 Å². The van der Waals surface area contributed by atoms with E-state index in [2.05, 4.69) is 5.32 Å². The molecular formula is C27H36ClN3O4S. The van der Waals surface area contributed by atoms with Gasteiger partial charge >= 0.3 is 0 Å². The van der Waals surface area contributed by atoms with Crippen LogP contribution in [0.5, 0.6) is 0 Å². The lowest BCUT2D eigenvalue weighted by molar-refractivity contribution is -0.141. The van der Waals surface area contributed by atoms with Gasteiger partial charge < -0.3 is 10.2 Å². The quantitative estimate of drug-likeness (QED) is 0.457. The van der Waals surface area contributed by atoms with E-state index in [0.29, 0.717) is 11.4 Å². The van der Waals surface area contributed by atoms with Gasteiger partial charge in [-0.25, -0.2) is 12.7 Å². The molecule has 0 heterocycles. The van der Waals surface area contributed by atoms with Crippen molar-refractivity contribution in [3.05, 3.63) is 65.2 Å².